The summed E-state index contributed by atoms with van der Waals surface area (Å²) in [6.45, 7) is 0.494. The van der Waals surface area contributed by atoms with Gasteiger partial charge in [0.1, 0.15) is 11.6 Å². The molecule has 0 spiro atoms. The van der Waals surface area contributed by atoms with E-state index in [0.29, 0.717) is 28.9 Å². The summed E-state index contributed by atoms with van der Waals surface area (Å²) < 4.78 is 21.7. The van der Waals surface area contributed by atoms with Crippen molar-refractivity contribution in [2.75, 3.05) is 18.2 Å². The quantitative estimate of drug-likeness (QED) is 0.382. The van der Waals surface area contributed by atoms with E-state index in [1.54, 1.807) is 18.2 Å². The van der Waals surface area contributed by atoms with Crippen LogP contribution in [0.2, 0.25) is 0 Å². The maximum absolute atomic E-state index is 13.8. The molecule has 0 aliphatic heterocycles. The van der Waals surface area contributed by atoms with Crippen molar-refractivity contribution in [3.8, 4) is 17.1 Å². The van der Waals surface area contributed by atoms with Crippen LogP contribution >= 0.6 is 27.7 Å². The highest BCUT2D eigenvalue weighted by Gasteiger charge is 2.15. The molecule has 0 bridgehead atoms. The monoisotopic (exact) mass is 408 g/mol. The average molecular weight is 409 g/mol. The normalized spacial score (nSPS) is 10.8. The van der Waals surface area contributed by atoms with Gasteiger partial charge in [0.05, 0.1) is 12.2 Å². The highest BCUT2D eigenvalue weighted by molar-refractivity contribution is 9.10. The predicted octanol–water partition coefficient (Wildman–Crippen LogP) is 3.73. The molecular formula is C16H14BrFN4OS. The van der Waals surface area contributed by atoms with E-state index in [9.17, 15) is 4.39 Å². The number of hydrogen-bond acceptors (Lipinski definition) is 5. The molecule has 5 nitrogen and oxygen atoms in total. The van der Waals surface area contributed by atoms with Crippen molar-refractivity contribution < 1.29 is 9.13 Å². The van der Waals surface area contributed by atoms with Crippen molar-refractivity contribution in [1.29, 1.82) is 0 Å². The highest BCUT2D eigenvalue weighted by atomic mass is 79.9. The van der Waals surface area contributed by atoms with Crippen molar-refractivity contribution in [3.63, 3.8) is 0 Å². The Morgan fingerprint density at radius 2 is 1.88 bits per heavy atom. The Hall–Kier alpha value is -2.06. The van der Waals surface area contributed by atoms with Gasteiger partial charge in [-0.15, -0.1) is 10.2 Å². The van der Waals surface area contributed by atoms with Crippen LogP contribution in [0.25, 0.3) is 11.4 Å². The summed E-state index contributed by atoms with van der Waals surface area (Å²) in [5, 5.41) is 8.49. The van der Waals surface area contributed by atoms with Crippen molar-refractivity contribution in [2.45, 2.75) is 5.16 Å². The molecule has 0 atom stereocenters. The number of hydrogen-bond donors (Lipinski definition) is 1. The van der Waals surface area contributed by atoms with Crippen molar-refractivity contribution in [3.05, 3.63) is 58.8 Å². The summed E-state index contributed by atoms with van der Waals surface area (Å²) in [4.78, 5) is 0. The van der Waals surface area contributed by atoms with Gasteiger partial charge in [-0.1, -0.05) is 39.8 Å². The fourth-order valence-corrected chi connectivity index (χ4v) is 2.96. The van der Waals surface area contributed by atoms with Crippen LogP contribution in [-0.2, 0) is 0 Å². The molecule has 0 aliphatic rings. The van der Waals surface area contributed by atoms with E-state index in [-0.39, 0.29) is 5.82 Å². The number of nitrogens with zero attached hydrogens (tertiary/aromatic N) is 3. The third-order valence-corrected chi connectivity index (χ3v) is 4.61. The summed E-state index contributed by atoms with van der Waals surface area (Å²) in [5.74, 6) is 7.32. The number of benzene rings is 2. The van der Waals surface area contributed by atoms with Gasteiger partial charge < -0.3 is 10.6 Å². The second kappa shape index (κ2) is 7.67. The first-order chi connectivity index (χ1) is 11.6. The molecule has 2 N–H and O–H groups in total. The van der Waals surface area contributed by atoms with Gasteiger partial charge in [0, 0.05) is 10.2 Å². The van der Waals surface area contributed by atoms with Crippen LogP contribution in [0.3, 0.4) is 0 Å². The Morgan fingerprint density at radius 1 is 1.12 bits per heavy atom. The van der Waals surface area contributed by atoms with E-state index in [1.807, 2.05) is 24.3 Å². The third kappa shape index (κ3) is 3.88. The van der Waals surface area contributed by atoms with E-state index in [0.717, 1.165) is 10.2 Å². The number of ether oxygens (including phenoxy) is 1. The molecule has 3 rings (SSSR count). The fourth-order valence-electron chi connectivity index (χ4n) is 2.02. The van der Waals surface area contributed by atoms with Crippen LogP contribution in [-0.4, -0.2) is 27.2 Å². The Kier molecular flexibility index (Phi) is 5.37. The Labute approximate surface area is 151 Å². The molecule has 0 radical (unpaired) electrons. The maximum Gasteiger partial charge on any atom is 0.210 e. The van der Waals surface area contributed by atoms with Crippen LogP contribution in [0.5, 0.6) is 5.75 Å². The number of nitrogens with two attached hydrogens (primary N) is 1. The SMILES string of the molecule is Nn1c(SCCOc2ccc(Br)cc2)nnc1-c1ccccc1F. The van der Waals surface area contributed by atoms with Gasteiger partial charge in [0.2, 0.25) is 5.16 Å². The lowest BCUT2D eigenvalue weighted by Crippen LogP contribution is -2.12. The molecule has 0 unspecified atom stereocenters. The van der Waals surface area contributed by atoms with Gasteiger partial charge in [0.25, 0.3) is 0 Å². The molecule has 0 fully saturated rings. The Bertz CT molecular complexity index is 825. The number of aromatic nitrogens is 3. The first-order valence-corrected chi connectivity index (χ1v) is 8.89. The number of thioether (sulfide) groups is 1. The van der Waals surface area contributed by atoms with Crippen LogP contribution in [0.15, 0.2) is 58.2 Å². The zero-order valence-corrected chi connectivity index (χ0v) is 14.9. The molecule has 1 aromatic heterocycles. The predicted molar refractivity (Wildman–Crippen MR) is 95.9 cm³/mol. The zero-order valence-electron chi connectivity index (χ0n) is 12.5. The van der Waals surface area contributed by atoms with E-state index >= 15 is 0 Å². The minimum atomic E-state index is -0.383. The lowest BCUT2D eigenvalue weighted by molar-refractivity contribution is 0.344. The molecule has 0 saturated carbocycles. The Balaban J connectivity index is 1.59. The van der Waals surface area contributed by atoms with Gasteiger partial charge in [-0.2, -0.15) is 0 Å². The first kappa shape index (κ1) is 16.8. The van der Waals surface area contributed by atoms with Gasteiger partial charge in [0.15, 0.2) is 5.82 Å². The van der Waals surface area contributed by atoms with Gasteiger partial charge in [-0.05, 0) is 36.4 Å². The molecule has 2 aromatic carbocycles. The highest BCUT2D eigenvalue weighted by Crippen LogP contribution is 2.23. The molecule has 0 amide bonds. The van der Waals surface area contributed by atoms with Crippen LogP contribution in [0.4, 0.5) is 4.39 Å². The second-order valence-electron chi connectivity index (χ2n) is 4.81. The van der Waals surface area contributed by atoms with Crippen LogP contribution in [0.1, 0.15) is 0 Å². The van der Waals surface area contributed by atoms with E-state index in [4.69, 9.17) is 10.6 Å². The van der Waals surface area contributed by atoms with Crippen LogP contribution in [0, 0.1) is 5.82 Å². The summed E-state index contributed by atoms with van der Waals surface area (Å²) in [6, 6.07) is 13.9. The molecule has 124 valence electrons. The van der Waals surface area contributed by atoms with E-state index < -0.39 is 0 Å². The smallest absolute Gasteiger partial charge is 0.210 e. The summed E-state index contributed by atoms with van der Waals surface area (Å²) in [5.41, 5.74) is 0.325. The van der Waals surface area contributed by atoms with E-state index in [1.165, 1.54) is 22.5 Å². The van der Waals surface area contributed by atoms with Gasteiger partial charge in [-0.3, -0.25) is 0 Å². The largest absolute Gasteiger partial charge is 0.493 e. The molecule has 3 aromatic rings. The zero-order chi connectivity index (χ0) is 16.9. The number of halogens is 2. The molecular weight excluding hydrogens is 395 g/mol. The average Bonchev–Trinajstić information content (AvgIpc) is 2.94. The molecule has 0 saturated heterocycles. The standard InChI is InChI=1S/C16H14BrFN4OS/c17-11-5-7-12(8-6-11)23-9-10-24-16-21-20-15(22(16)19)13-3-1-2-4-14(13)18/h1-8H,9-10,19H2. The number of rotatable bonds is 6. The van der Waals surface area contributed by atoms with E-state index in [2.05, 4.69) is 26.1 Å². The minimum Gasteiger partial charge on any atom is -0.493 e. The maximum atomic E-state index is 13.8. The number of nitrogen functional groups attached to an aromatic ring is 1. The summed E-state index contributed by atoms with van der Waals surface area (Å²) in [7, 11) is 0. The molecule has 1 heterocycles. The second-order valence-corrected chi connectivity index (χ2v) is 6.78. The lowest BCUT2D eigenvalue weighted by Gasteiger charge is -2.06. The van der Waals surface area contributed by atoms with Crippen molar-refractivity contribution in [1.82, 2.24) is 14.9 Å². The fraction of sp³-hybridized carbons (Fsp3) is 0.125. The van der Waals surface area contributed by atoms with Crippen molar-refractivity contribution in [2.24, 2.45) is 0 Å². The third-order valence-electron chi connectivity index (χ3n) is 3.18. The molecule has 0 aliphatic carbocycles. The van der Waals surface area contributed by atoms with Crippen molar-refractivity contribution >= 4 is 27.7 Å². The topological polar surface area (TPSA) is 66.0 Å². The first-order valence-electron chi connectivity index (χ1n) is 7.11. The van der Waals surface area contributed by atoms with Crippen LogP contribution < -0.4 is 10.6 Å². The molecule has 24 heavy (non-hydrogen) atoms. The van der Waals surface area contributed by atoms with Gasteiger partial charge >= 0.3 is 0 Å². The summed E-state index contributed by atoms with van der Waals surface area (Å²) in [6.07, 6.45) is 0. The Morgan fingerprint density at radius 3 is 2.62 bits per heavy atom. The lowest BCUT2D eigenvalue weighted by atomic mass is 10.2. The van der Waals surface area contributed by atoms with Gasteiger partial charge in [-0.25, -0.2) is 9.07 Å². The summed E-state index contributed by atoms with van der Waals surface area (Å²) >= 11 is 4.77. The molecule has 8 heteroatoms. The minimum absolute atomic E-state index is 0.296.